The average molecular weight is 489 g/mol. The van der Waals surface area contributed by atoms with Gasteiger partial charge in [0.2, 0.25) is 17.7 Å². The van der Waals surface area contributed by atoms with Crippen LogP contribution in [0, 0.1) is 5.92 Å². The van der Waals surface area contributed by atoms with Crippen molar-refractivity contribution < 1.29 is 13.9 Å². The van der Waals surface area contributed by atoms with E-state index < -0.39 is 0 Å². The van der Waals surface area contributed by atoms with Gasteiger partial charge in [-0.1, -0.05) is 43.2 Å². The number of carbonyl (C=O) groups is 1. The zero-order valence-electron chi connectivity index (χ0n) is 21.1. The quantitative estimate of drug-likeness (QED) is 0.406. The normalized spacial score (nSPS) is 17.1. The lowest BCUT2D eigenvalue weighted by atomic mass is 10.0. The average Bonchev–Trinajstić information content (AvgIpc) is 3.58. The summed E-state index contributed by atoms with van der Waals surface area (Å²) in [6.45, 7) is 2.91. The van der Waals surface area contributed by atoms with Crippen molar-refractivity contribution in [2.45, 2.75) is 64.1 Å². The van der Waals surface area contributed by atoms with Crippen molar-refractivity contribution >= 4 is 5.91 Å². The van der Waals surface area contributed by atoms with Gasteiger partial charge in [0, 0.05) is 44.5 Å². The predicted molar refractivity (Wildman–Crippen MR) is 138 cm³/mol. The molecule has 2 heterocycles. The molecule has 1 saturated heterocycles. The number of rotatable bonds is 9. The lowest BCUT2D eigenvalue weighted by Gasteiger charge is -2.33. The first-order chi connectivity index (χ1) is 17.6. The molecule has 0 N–H and O–H groups in total. The van der Waals surface area contributed by atoms with Crippen LogP contribution in [0.15, 0.2) is 59.0 Å². The topological polar surface area (TPSA) is 71.7 Å². The summed E-state index contributed by atoms with van der Waals surface area (Å²) in [5.74, 6) is 2.97. The first-order valence-corrected chi connectivity index (χ1v) is 13.2. The second-order valence-corrected chi connectivity index (χ2v) is 10.2. The third-order valence-electron chi connectivity index (χ3n) is 7.28. The SMILES string of the molecule is CN(Cc1cccc(OC2CCN(C(=O)CC3CCCC3)CC2)c1)Cc1nnc(-c2ccccc2)o1. The van der Waals surface area contributed by atoms with E-state index in [1.807, 2.05) is 54.4 Å². The highest BCUT2D eigenvalue weighted by atomic mass is 16.5. The highest BCUT2D eigenvalue weighted by Gasteiger charge is 2.26. The van der Waals surface area contributed by atoms with Crippen LogP contribution in [0.5, 0.6) is 5.75 Å². The highest BCUT2D eigenvalue weighted by Crippen LogP contribution is 2.29. The minimum Gasteiger partial charge on any atom is -0.490 e. The zero-order valence-corrected chi connectivity index (χ0v) is 21.1. The summed E-state index contributed by atoms with van der Waals surface area (Å²) in [4.78, 5) is 16.8. The molecule has 5 rings (SSSR count). The first-order valence-electron chi connectivity index (χ1n) is 13.2. The van der Waals surface area contributed by atoms with Crippen LogP contribution in [0.2, 0.25) is 0 Å². The van der Waals surface area contributed by atoms with Gasteiger partial charge in [-0.3, -0.25) is 9.69 Å². The number of hydrogen-bond acceptors (Lipinski definition) is 6. The number of nitrogens with zero attached hydrogens (tertiary/aromatic N) is 4. The molecule has 1 aromatic heterocycles. The molecule has 7 nitrogen and oxygen atoms in total. The largest absolute Gasteiger partial charge is 0.490 e. The van der Waals surface area contributed by atoms with Crippen molar-refractivity contribution in [2.75, 3.05) is 20.1 Å². The van der Waals surface area contributed by atoms with Crippen LogP contribution in [-0.4, -0.2) is 52.1 Å². The molecule has 0 radical (unpaired) electrons. The van der Waals surface area contributed by atoms with Gasteiger partial charge in [0.25, 0.3) is 0 Å². The fraction of sp³-hybridized carbons (Fsp3) is 0.483. The van der Waals surface area contributed by atoms with Crippen LogP contribution in [-0.2, 0) is 17.9 Å². The van der Waals surface area contributed by atoms with Crippen LogP contribution in [0.25, 0.3) is 11.5 Å². The standard InChI is InChI=1S/C29H36N4O3/c1-32(21-27-30-31-29(36-27)24-11-3-2-4-12-24)20-23-10-7-13-26(18-23)35-25-14-16-33(17-15-25)28(34)19-22-8-5-6-9-22/h2-4,7,10-13,18,22,25H,5-6,8-9,14-17,19-21H2,1H3. The molecule has 1 aliphatic heterocycles. The minimum atomic E-state index is 0.156. The number of benzene rings is 2. The fourth-order valence-electron chi connectivity index (χ4n) is 5.34. The van der Waals surface area contributed by atoms with Gasteiger partial charge in [-0.05, 0) is 55.6 Å². The maximum Gasteiger partial charge on any atom is 0.247 e. The van der Waals surface area contributed by atoms with Crippen molar-refractivity contribution in [1.82, 2.24) is 20.0 Å². The molecule has 3 aromatic rings. The van der Waals surface area contributed by atoms with Gasteiger partial charge in [0.1, 0.15) is 11.9 Å². The summed E-state index contributed by atoms with van der Waals surface area (Å²) >= 11 is 0. The molecule has 190 valence electrons. The van der Waals surface area contributed by atoms with E-state index in [4.69, 9.17) is 9.15 Å². The Balaban J connectivity index is 1.09. The van der Waals surface area contributed by atoms with Gasteiger partial charge in [-0.2, -0.15) is 0 Å². The molecule has 2 fully saturated rings. The number of carbonyl (C=O) groups excluding carboxylic acids is 1. The highest BCUT2D eigenvalue weighted by molar-refractivity contribution is 5.76. The van der Waals surface area contributed by atoms with E-state index in [1.165, 1.54) is 31.2 Å². The van der Waals surface area contributed by atoms with Crippen molar-refractivity contribution in [3.8, 4) is 17.2 Å². The Labute approximate surface area is 213 Å². The summed E-state index contributed by atoms with van der Waals surface area (Å²) in [7, 11) is 2.04. The first kappa shape index (κ1) is 24.5. The molecule has 1 amide bonds. The van der Waals surface area contributed by atoms with E-state index in [1.54, 1.807) is 0 Å². The number of amides is 1. The molecule has 2 aromatic carbocycles. The van der Waals surface area contributed by atoms with Crippen molar-refractivity contribution in [2.24, 2.45) is 5.92 Å². The van der Waals surface area contributed by atoms with Crippen LogP contribution < -0.4 is 4.74 Å². The summed E-state index contributed by atoms with van der Waals surface area (Å²) < 4.78 is 12.2. The lowest BCUT2D eigenvalue weighted by Crippen LogP contribution is -2.42. The smallest absolute Gasteiger partial charge is 0.247 e. The Morgan fingerprint density at radius 1 is 1.00 bits per heavy atom. The third-order valence-corrected chi connectivity index (χ3v) is 7.28. The summed E-state index contributed by atoms with van der Waals surface area (Å²) in [5, 5.41) is 8.38. The number of piperidine rings is 1. The molecule has 1 aliphatic carbocycles. The molecular weight excluding hydrogens is 452 g/mol. The van der Waals surface area contributed by atoms with Gasteiger partial charge in [-0.25, -0.2) is 0 Å². The maximum atomic E-state index is 12.6. The van der Waals surface area contributed by atoms with Crippen molar-refractivity contribution in [1.29, 1.82) is 0 Å². The van der Waals surface area contributed by atoms with E-state index in [9.17, 15) is 4.79 Å². The summed E-state index contributed by atoms with van der Waals surface area (Å²) in [6.07, 6.45) is 7.69. The van der Waals surface area contributed by atoms with Gasteiger partial charge < -0.3 is 14.1 Å². The predicted octanol–water partition coefficient (Wildman–Crippen LogP) is 5.32. The van der Waals surface area contributed by atoms with E-state index in [-0.39, 0.29) is 6.10 Å². The van der Waals surface area contributed by atoms with Crippen LogP contribution >= 0.6 is 0 Å². The Kier molecular flexibility index (Phi) is 7.96. The molecular formula is C29H36N4O3. The third kappa shape index (κ3) is 6.52. The molecule has 0 bridgehead atoms. The summed E-state index contributed by atoms with van der Waals surface area (Å²) in [5.41, 5.74) is 2.09. The number of likely N-dealkylation sites (tertiary alicyclic amines) is 1. The van der Waals surface area contributed by atoms with Gasteiger partial charge >= 0.3 is 0 Å². The monoisotopic (exact) mass is 488 g/mol. The Bertz CT molecular complexity index is 1120. The van der Waals surface area contributed by atoms with Crippen LogP contribution in [0.1, 0.15) is 56.4 Å². The van der Waals surface area contributed by atoms with Crippen molar-refractivity contribution in [3.63, 3.8) is 0 Å². The minimum absolute atomic E-state index is 0.156. The van der Waals surface area contributed by atoms with E-state index in [0.717, 1.165) is 50.2 Å². The second kappa shape index (κ2) is 11.7. The number of hydrogen-bond donors (Lipinski definition) is 0. The van der Waals surface area contributed by atoms with Gasteiger partial charge in [0.05, 0.1) is 6.54 Å². The molecule has 0 atom stereocenters. The molecule has 1 saturated carbocycles. The second-order valence-electron chi connectivity index (χ2n) is 10.2. The number of ether oxygens (including phenoxy) is 1. The Morgan fingerprint density at radius 2 is 1.78 bits per heavy atom. The molecule has 0 unspecified atom stereocenters. The fourth-order valence-corrected chi connectivity index (χ4v) is 5.34. The molecule has 0 spiro atoms. The van der Waals surface area contributed by atoms with E-state index >= 15 is 0 Å². The van der Waals surface area contributed by atoms with Gasteiger partial charge in [-0.15, -0.1) is 10.2 Å². The van der Waals surface area contributed by atoms with Gasteiger partial charge in [0.15, 0.2) is 0 Å². The van der Waals surface area contributed by atoms with Crippen molar-refractivity contribution in [3.05, 3.63) is 66.1 Å². The van der Waals surface area contributed by atoms with Crippen LogP contribution in [0.3, 0.4) is 0 Å². The zero-order chi connectivity index (χ0) is 24.7. The van der Waals surface area contributed by atoms with Crippen LogP contribution in [0.4, 0.5) is 0 Å². The molecule has 2 aliphatic rings. The summed E-state index contributed by atoms with van der Waals surface area (Å²) in [6, 6.07) is 18.1. The van der Waals surface area contributed by atoms with E-state index in [0.29, 0.717) is 30.2 Å². The number of aromatic nitrogens is 2. The van der Waals surface area contributed by atoms with E-state index in [2.05, 4.69) is 27.2 Å². The maximum absolute atomic E-state index is 12.6. The lowest BCUT2D eigenvalue weighted by molar-refractivity contribution is -0.134. The Hall–Kier alpha value is -3.19. The Morgan fingerprint density at radius 3 is 2.56 bits per heavy atom. The molecule has 7 heteroatoms. The molecule has 36 heavy (non-hydrogen) atoms.